The minimum atomic E-state index is -0.843. The van der Waals surface area contributed by atoms with Crippen molar-refractivity contribution in [3.8, 4) is 0 Å². The first-order chi connectivity index (χ1) is 12.0. The molecule has 1 aliphatic rings. The second kappa shape index (κ2) is 9.42. The van der Waals surface area contributed by atoms with Crippen LogP contribution in [0.25, 0.3) is 0 Å². The maximum atomic E-state index is 12.2. The third-order valence-electron chi connectivity index (χ3n) is 4.65. The van der Waals surface area contributed by atoms with Gasteiger partial charge in [0.2, 0.25) is 0 Å². The van der Waals surface area contributed by atoms with Crippen LogP contribution in [0.5, 0.6) is 0 Å². The summed E-state index contributed by atoms with van der Waals surface area (Å²) >= 11 is 0. The van der Waals surface area contributed by atoms with Crippen molar-refractivity contribution in [2.45, 2.75) is 64.3 Å². The molecule has 6 heteroatoms. The van der Waals surface area contributed by atoms with Crippen molar-refractivity contribution >= 4 is 12.1 Å². The van der Waals surface area contributed by atoms with E-state index in [-0.39, 0.29) is 31.3 Å². The molecule has 1 fully saturated rings. The molecule has 0 saturated heterocycles. The number of rotatable bonds is 7. The summed E-state index contributed by atoms with van der Waals surface area (Å²) in [5.41, 5.74) is 0.938. The van der Waals surface area contributed by atoms with Gasteiger partial charge >= 0.3 is 12.1 Å². The Kier molecular flexibility index (Phi) is 7.25. The van der Waals surface area contributed by atoms with E-state index in [2.05, 4.69) is 5.32 Å². The van der Waals surface area contributed by atoms with Gasteiger partial charge in [-0.05, 0) is 32.3 Å². The summed E-state index contributed by atoms with van der Waals surface area (Å²) < 4.78 is 5.32. The Balaban J connectivity index is 1.94. The van der Waals surface area contributed by atoms with Crippen LogP contribution in [0.4, 0.5) is 4.79 Å². The van der Waals surface area contributed by atoms with Crippen LogP contribution in [0.15, 0.2) is 30.3 Å². The van der Waals surface area contributed by atoms with E-state index in [1.165, 1.54) is 0 Å². The molecule has 0 radical (unpaired) electrons. The Hall–Kier alpha value is -2.08. The van der Waals surface area contributed by atoms with Crippen molar-refractivity contribution in [1.82, 2.24) is 10.2 Å². The van der Waals surface area contributed by atoms with Gasteiger partial charge in [-0.15, -0.1) is 0 Å². The summed E-state index contributed by atoms with van der Waals surface area (Å²) in [6.45, 7) is 4.19. The average molecular weight is 348 g/mol. The molecule has 2 rings (SSSR count). The number of benzene rings is 1. The largest absolute Gasteiger partial charge is 0.480 e. The molecule has 0 bridgehead atoms. The number of nitrogens with zero attached hydrogens (tertiary/aromatic N) is 1. The highest BCUT2D eigenvalue weighted by Gasteiger charge is 2.33. The van der Waals surface area contributed by atoms with Crippen molar-refractivity contribution < 1.29 is 19.4 Å². The molecule has 0 unspecified atom stereocenters. The summed E-state index contributed by atoms with van der Waals surface area (Å²) in [5, 5.41) is 12.1. The molecule has 2 atom stereocenters. The van der Waals surface area contributed by atoms with E-state index in [1.54, 1.807) is 0 Å². The second-order valence-electron chi connectivity index (χ2n) is 6.82. The Morgan fingerprint density at radius 3 is 2.56 bits per heavy atom. The van der Waals surface area contributed by atoms with Crippen LogP contribution in [0.1, 0.15) is 45.1 Å². The number of hydrogen-bond acceptors (Lipinski definition) is 4. The standard InChI is InChI=1S/C19H28N2O4/c1-14(2)21(12-18(22)23)17-11-7-6-10-16(17)20-19(24)25-13-15-8-4-3-5-9-15/h3-5,8-9,14,16-17H,6-7,10-13H2,1-2H3,(H,20,24)(H,22,23)/t16-,17+/m1/s1. The minimum Gasteiger partial charge on any atom is -0.480 e. The minimum absolute atomic E-state index is 0.0143. The van der Waals surface area contributed by atoms with Crippen molar-refractivity contribution in [2.24, 2.45) is 0 Å². The van der Waals surface area contributed by atoms with Gasteiger partial charge in [0.15, 0.2) is 0 Å². The first-order valence-corrected chi connectivity index (χ1v) is 8.92. The fourth-order valence-corrected chi connectivity index (χ4v) is 3.43. The molecular formula is C19H28N2O4. The van der Waals surface area contributed by atoms with E-state index < -0.39 is 12.1 Å². The third-order valence-corrected chi connectivity index (χ3v) is 4.65. The van der Waals surface area contributed by atoms with E-state index in [9.17, 15) is 14.7 Å². The highest BCUT2D eigenvalue weighted by molar-refractivity contribution is 5.69. The molecule has 1 aliphatic carbocycles. The predicted molar refractivity (Wildman–Crippen MR) is 95.3 cm³/mol. The molecule has 138 valence electrons. The van der Waals surface area contributed by atoms with E-state index in [4.69, 9.17) is 4.74 Å². The number of carboxylic acids is 1. The summed E-state index contributed by atoms with van der Waals surface area (Å²) in [6.07, 6.45) is 3.35. The number of nitrogens with one attached hydrogen (secondary N) is 1. The SMILES string of the molecule is CC(C)N(CC(=O)O)[C@H]1CCCC[C@H]1NC(=O)OCc1ccccc1. The summed E-state index contributed by atoms with van der Waals surface area (Å²) in [7, 11) is 0. The lowest BCUT2D eigenvalue weighted by Crippen LogP contribution is -2.56. The van der Waals surface area contributed by atoms with Crippen LogP contribution in [-0.4, -0.2) is 46.7 Å². The number of carboxylic acid groups (broad SMARTS) is 1. The van der Waals surface area contributed by atoms with Crippen LogP contribution < -0.4 is 5.32 Å². The quantitative estimate of drug-likeness (QED) is 0.792. The van der Waals surface area contributed by atoms with Crippen molar-refractivity contribution in [1.29, 1.82) is 0 Å². The summed E-state index contributed by atoms with van der Waals surface area (Å²) in [6, 6.07) is 9.57. The number of amides is 1. The van der Waals surface area contributed by atoms with Gasteiger partial charge in [-0.1, -0.05) is 43.2 Å². The molecule has 0 aromatic heterocycles. The number of alkyl carbamates (subject to hydrolysis) is 1. The van der Waals surface area contributed by atoms with Crippen LogP contribution in [-0.2, 0) is 16.1 Å². The van der Waals surface area contributed by atoms with Gasteiger partial charge in [0.1, 0.15) is 6.61 Å². The molecule has 1 aromatic rings. The smallest absolute Gasteiger partial charge is 0.407 e. The Morgan fingerprint density at radius 2 is 1.92 bits per heavy atom. The zero-order valence-electron chi connectivity index (χ0n) is 15.0. The predicted octanol–water partition coefficient (Wildman–Crippen LogP) is 3.02. The Morgan fingerprint density at radius 1 is 1.24 bits per heavy atom. The van der Waals surface area contributed by atoms with Gasteiger partial charge < -0.3 is 15.2 Å². The third kappa shape index (κ3) is 6.05. The lowest BCUT2D eigenvalue weighted by molar-refractivity contribution is -0.139. The molecule has 2 N–H and O–H groups in total. The maximum Gasteiger partial charge on any atom is 0.407 e. The topological polar surface area (TPSA) is 78.9 Å². The van der Waals surface area contributed by atoms with E-state index in [0.29, 0.717) is 0 Å². The number of hydrogen-bond donors (Lipinski definition) is 2. The molecule has 25 heavy (non-hydrogen) atoms. The normalized spacial score (nSPS) is 20.5. The Labute approximate surface area is 149 Å². The fraction of sp³-hybridized carbons (Fsp3) is 0.579. The zero-order valence-corrected chi connectivity index (χ0v) is 15.0. The van der Waals surface area contributed by atoms with Gasteiger partial charge in [-0.2, -0.15) is 0 Å². The van der Waals surface area contributed by atoms with E-state index >= 15 is 0 Å². The fourth-order valence-electron chi connectivity index (χ4n) is 3.43. The number of carbonyl (C=O) groups excluding carboxylic acids is 1. The molecular weight excluding hydrogens is 320 g/mol. The van der Waals surface area contributed by atoms with Crippen LogP contribution in [0, 0.1) is 0 Å². The van der Waals surface area contributed by atoms with Gasteiger partial charge in [-0.3, -0.25) is 9.69 Å². The summed E-state index contributed by atoms with van der Waals surface area (Å²) in [5.74, 6) is -0.843. The van der Waals surface area contributed by atoms with Gasteiger partial charge in [-0.25, -0.2) is 4.79 Å². The van der Waals surface area contributed by atoms with Crippen LogP contribution in [0.3, 0.4) is 0 Å². The first-order valence-electron chi connectivity index (χ1n) is 8.92. The monoisotopic (exact) mass is 348 g/mol. The molecule has 1 saturated carbocycles. The molecule has 0 aliphatic heterocycles. The second-order valence-corrected chi connectivity index (χ2v) is 6.82. The van der Waals surface area contributed by atoms with E-state index in [1.807, 2.05) is 49.1 Å². The Bertz CT molecular complexity index is 562. The van der Waals surface area contributed by atoms with Crippen LogP contribution >= 0.6 is 0 Å². The van der Waals surface area contributed by atoms with Crippen molar-refractivity contribution in [3.63, 3.8) is 0 Å². The van der Waals surface area contributed by atoms with Gasteiger partial charge in [0, 0.05) is 18.1 Å². The lowest BCUT2D eigenvalue weighted by atomic mass is 9.88. The molecule has 1 aromatic carbocycles. The van der Waals surface area contributed by atoms with Gasteiger partial charge in [0.05, 0.1) is 6.54 Å². The molecule has 0 heterocycles. The molecule has 0 spiro atoms. The highest BCUT2D eigenvalue weighted by atomic mass is 16.5. The van der Waals surface area contributed by atoms with E-state index in [0.717, 1.165) is 31.2 Å². The average Bonchev–Trinajstić information content (AvgIpc) is 2.59. The van der Waals surface area contributed by atoms with Gasteiger partial charge in [0.25, 0.3) is 0 Å². The number of aliphatic carboxylic acids is 1. The highest BCUT2D eigenvalue weighted by Crippen LogP contribution is 2.25. The number of carbonyl (C=O) groups is 2. The summed E-state index contributed by atoms with van der Waals surface area (Å²) in [4.78, 5) is 25.3. The maximum absolute atomic E-state index is 12.2. The zero-order chi connectivity index (χ0) is 18.2. The molecule has 1 amide bonds. The molecule has 6 nitrogen and oxygen atoms in total. The number of ether oxygens (including phenoxy) is 1. The van der Waals surface area contributed by atoms with Crippen molar-refractivity contribution in [3.05, 3.63) is 35.9 Å². The van der Waals surface area contributed by atoms with Crippen LogP contribution in [0.2, 0.25) is 0 Å². The lowest BCUT2D eigenvalue weighted by Gasteiger charge is -2.41. The first kappa shape index (κ1) is 19.2. The van der Waals surface area contributed by atoms with Crippen molar-refractivity contribution in [2.75, 3.05) is 6.54 Å².